The Labute approximate surface area is 117 Å². The molecule has 19 heavy (non-hydrogen) atoms. The minimum Gasteiger partial charge on any atom is -0.264 e. The molecular formula is C12H14ClN3O2S. The second-order valence-electron chi connectivity index (χ2n) is 4.33. The Hall–Kier alpha value is -1.37. The van der Waals surface area contributed by atoms with Crippen molar-refractivity contribution in [2.45, 2.75) is 25.3 Å². The van der Waals surface area contributed by atoms with E-state index in [9.17, 15) is 8.42 Å². The van der Waals surface area contributed by atoms with Crippen LogP contribution in [0.4, 0.5) is 0 Å². The SMILES string of the molecule is Cc1nn(Cc2ccc(Cl)cc2)c(C)c1S(N)(=O)=O. The van der Waals surface area contributed by atoms with Crippen molar-refractivity contribution < 1.29 is 8.42 Å². The molecule has 102 valence electrons. The van der Waals surface area contributed by atoms with Crippen LogP contribution in [-0.2, 0) is 16.6 Å². The molecule has 7 heteroatoms. The van der Waals surface area contributed by atoms with Crippen molar-refractivity contribution in [3.05, 3.63) is 46.2 Å². The quantitative estimate of drug-likeness (QED) is 0.939. The zero-order chi connectivity index (χ0) is 14.2. The molecule has 0 atom stereocenters. The predicted octanol–water partition coefficient (Wildman–Crippen LogP) is 1.85. The molecule has 2 aromatic rings. The summed E-state index contributed by atoms with van der Waals surface area (Å²) in [6.45, 7) is 3.79. The smallest absolute Gasteiger partial charge is 0.241 e. The summed E-state index contributed by atoms with van der Waals surface area (Å²) in [5.74, 6) is 0. The Bertz CT molecular complexity index is 705. The number of halogens is 1. The van der Waals surface area contributed by atoms with E-state index in [-0.39, 0.29) is 4.90 Å². The number of benzene rings is 1. The van der Waals surface area contributed by atoms with Gasteiger partial charge in [-0.05, 0) is 31.5 Å². The number of aromatic nitrogens is 2. The van der Waals surface area contributed by atoms with Crippen LogP contribution in [0.2, 0.25) is 5.02 Å². The van der Waals surface area contributed by atoms with Gasteiger partial charge in [0, 0.05) is 5.02 Å². The summed E-state index contributed by atoms with van der Waals surface area (Å²) < 4.78 is 24.6. The molecule has 2 rings (SSSR count). The number of rotatable bonds is 3. The van der Waals surface area contributed by atoms with Gasteiger partial charge in [-0.2, -0.15) is 5.10 Å². The first-order valence-corrected chi connectivity index (χ1v) is 7.52. The minimum atomic E-state index is -3.75. The van der Waals surface area contributed by atoms with E-state index in [1.54, 1.807) is 30.7 Å². The van der Waals surface area contributed by atoms with E-state index in [0.717, 1.165) is 5.56 Å². The Morgan fingerprint density at radius 1 is 1.26 bits per heavy atom. The topological polar surface area (TPSA) is 78.0 Å². The third kappa shape index (κ3) is 2.97. The lowest BCUT2D eigenvalue weighted by Gasteiger charge is -2.05. The first-order chi connectivity index (χ1) is 8.79. The fraction of sp³-hybridized carbons (Fsp3) is 0.250. The Morgan fingerprint density at radius 2 is 1.84 bits per heavy atom. The molecule has 0 amide bonds. The number of sulfonamides is 1. The first-order valence-electron chi connectivity index (χ1n) is 5.60. The van der Waals surface area contributed by atoms with Gasteiger partial charge in [0.2, 0.25) is 10.0 Å². The van der Waals surface area contributed by atoms with Crippen molar-refractivity contribution in [2.75, 3.05) is 0 Å². The maximum absolute atomic E-state index is 11.5. The van der Waals surface area contributed by atoms with Crippen LogP contribution in [0.3, 0.4) is 0 Å². The van der Waals surface area contributed by atoms with Crippen molar-refractivity contribution in [2.24, 2.45) is 5.14 Å². The molecule has 0 bridgehead atoms. The van der Waals surface area contributed by atoms with E-state index in [1.807, 2.05) is 12.1 Å². The number of primary sulfonamides is 1. The second kappa shape index (κ2) is 4.96. The predicted molar refractivity (Wildman–Crippen MR) is 73.6 cm³/mol. The summed E-state index contributed by atoms with van der Waals surface area (Å²) in [7, 11) is -3.75. The molecule has 5 nitrogen and oxygen atoms in total. The number of nitrogens with two attached hydrogens (primary N) is 1. The van der Waals surface area contributed by atoms with E-state index in [1.165, 1.54) is 0 Å². The molecule has 0 spiro atoms. The van der Waals surface area contributed by atoms with Crippen LogP contribution in [0.5, 0.6) is 0 Å². The molecule has 0 fully saturated rings. The van der Waals surface area contributed by atoms with Gasteiger partial charge < -0.3 is 0 Å². The molecule has 0 aliphatic heterocycles. The fourth-order valence-electron chi connectivity index (χ4n) is 2.01. The molecule has 0 radical (unpaired) electrons. The molecule has 0 saturated heterocycles. The molecular weight excluding hydrogens is 286 g/mol. The van der Waals surface area contributed by atoms with Crippen LogP contribution in [0, 0.1) is 13.8 Å². The summed E-state index contributed by atoms with van der Waals surface area (Å²) in [4.78, 5) is 0.0986. The van der Waals surface area contributed by atoms with E-state index in [0.29, 0.717) is 23.0 Å². The Kier molecular flexibility index (Phi) is 3.66. The monoisotopic (exact) mass is 299 g/mol. The number of aryl methyl sites for hydroxylation is 1. The standard InChI is InChI=1S/C12H14ClN3O2S/c1-8-12(19(14,17)18)9(2)16(15-8)7-10-3-5-11(13)6-4-10/h3-6H,7H2,1-2H3,(H2,14,17,18). The van der Waals surface area contributed by atoms with Crippen molar-refractivity contribution in [1.29, 1.82) is 0 Å². The van der Waals surface area contributed by atoms with Gasteiger partial charge in [-0.3, -0.25) is 4.68 Å². The van der Waals surface area contributed by atoms with E-state index in [2.05, 4.69) is 5.10 Å². The van der Waals surface area contributed by atoms with Crippen molar-refractivity contribution >= 4 is 21.6 Å². The normalized spacial score (nSPS) is 11.8. The lowest BCUT2D eigenvalue weighted by molar-refractivity contribution is 0.595. The summed E-state index contributed by atoms with van der Waals surface area (Å²) >= 11 is 5.82. The minimum absolute atomic E-state index is 0.0986. The molecule has 0 aliphatic carbocycles. The maximum atomic E-state index is 11.5. The van der Waals surface area contributed by atoms with Crippen LogP contribution in [0.25, 0.3) is 0 Å². The van der Waals surface area contributed by atoms with Gasteiger partial charge in [0.15, 0.2) is 0 Å². The highest BCUT2D eigenvalue weighted by Gasteiger charge is 2.20. The van der Waals surface area contributed by atoms with Gasteiger partial charge >= 0.3 is 0 Å². The molecule has 0 saturated carbocycles. The molecule has 0 unspecified atom stereocenters. The van der Waals surface area contributed by atoms with Gasteiger partial charge in [0.05, 0.1) is 17.9 Å². The van der Waals surface area contributed by atoms with Crippen LogP contribution in [0.1, 0.15) is 17.0 Å². The zero-order valence-corrected chi connectivity index (χ0v) is 12.2. The molecule has 1 heterocycles. The molecule has 1 aromatic heterocycles. The fourth-order valence-corrected chi connectivity index (χ4v) is 3.10. The second-order valence-corrected chi connectivity index (χ2v) is 6.26. The van der Waals surface area contributed by atoms with Gasteiger partial charge in [0.25, 0.3) is 0 Å². The van der Waals surface area contributed by atoms with E-state index < -0.39 is 10.0 Å². The lowest BCUT2D eigenvalue weighted by Crippen LogP contribution is -2.14. The summed E-state index contributed by atoms with van der Waals surface area (Å²) in [6, 6.07) is 7.30. The first kappa shape index (κ1) is 14.0. The van der Waals surface area contributed by atoms with E-state index in [4.69, 9.17) is 16.7 Å². The number of hydrogen-bond acceptors (Lipinski definition) is 3. The Morgan fingerprint density at radius 3 is 2.32 bits per heavy atom. The maximum Gasteiger partial charge on any atom is 0.241 e. The van der Waals surface area contributed by atoms with Gasteiger partial charge in [-0.25, -0.2) is 13.6 Å². The van der Waals surface area contributed by atoms with E-state index >= 15 is 0 Å². The average Bonchev–Trinajstić information content (AvgIpc) is 2.56. The third-order valence-electron chi connectivity index (χ3n) is 2.85. The largest absolute Gasteiger partial charge is 0.264 e. The van der Waals surface area contributed by atoms with Crippen LogP contribution < -0.4 is 5.14 Å². The number of hydrogen-bond donors (Lipinski definition) is 1. The van der Waals surface area contributed by atoms with Crippen LogP contribution >= 0.6 is 11.6 Å². The van der Waals surface area contributed by atoms with Crippen LogP contribution in [0.15, 0.2) is 29.2 Å². The van der Waals surface area contributed by atoms with Gasteiger partial charge in [-0.15, -0.1) is 0 Å². The molecule has 0 aliphatic rings. The van der Waals surface area contributed by atoms with Gasteiger partial charge in [0.1, 0.15) is 4.90 Å². The van der Waals surface area contributed by atoms with Crippen molar-refractivity contribution in [3.8, 4) is 0 Å². The van der Waals surface area contributed by atoms with Crippen LogP contribution in [-0.4, -0.2) is 18.2 Å². The number of nitrogens with zero attached hydrogens (tertiary/aromatic N) is 2. The summed E-state index contributed by atoms with van der Waals surface area (Å²) in [5.41, 5.74) is 1.93. The van der Waals surface area contributed by atoms with Crippen molar-refractivity contribution in [3.63, 3.8) is 0 Å². The highest BCUT2D eigenvalue weighted by molar-refractivity contribution is 7.89. The van der Waals surface area contributed by atoms with Gasteiger partial charge in [-0.1, -0.05) is 23.7 Å². The Balaban J connectivity index is 2.40. The molecule has 1 aromatic carbocycles. The zero-order valence-electron chi connectivity index (χ0n) is 10.6. The molecule has 2 N–H and O–H groups in total. The summed E-state index contributed by atoms with van der Waals surface area (Å²) in [6.07, 6.45) is 0. The highest BCUT2D eigenvalue weighted by Crippen LogP contribution is 2.19. The van der Waals surface area contributed by atoms with Crippen molar-refractivity contribution in [1.82, 2.24) is 9.78 Å². The average molecular weight is 300 g/mol. The summed E-state index contributed by atoms with van der Waals surface area (Å²) in [5, 5.41) is 10.1. The third-order valence-corrected chi connectivity index (χ3v) is 4.26. The highest BCUT2D eigenvalue weighted by atomic mass is 35.5. The lowest BCUT2D eigenvalue weighted by atomic mass is 10.2.